The Bertz CT molecular complexity index is 1360. The molecule has 1 aromatic carbocycles. The van der Waals surface area contributed by atoms with Gasteiger partial charge in [0.15, 0.2) is 0 Å². The van der Waals surface area contributed by atoms with Crippen LogP contribution in [-0.2, 0) is 14.3 Å². The fourth-order valence-electron chi connectivity index (χ4n) is 11.8. The Kier molecular flexibility index (Phi) is 8.03. The maximum atomic E-state index is 13.9. The van der Waals surface area contributed by atoms with Gasteiger partial charge in [0.2, 0.25) is 0 Å². The van der Waals surface area contributed by atoms with Crippen molar-refractivity contribution >= 4 is 11.9 Å². The summed E-state index contributed by atoms with van der Waals surface area (Å²) in [5.74, 6) is 0.569. The van der Waals surface area contributed by atoms with Crippen molar-refractivity contribution in [2.75, 3.05) is 13.2 Å². The molecule has 0 bridgehead atoms. The van der Waals surface area contributed by atoms with Crippen LogP contribution in [-0.4, -0.2) is 36.4 Å². The molecule has 45 heavy (non-hydrogen) atoms. The summed E-state index contributed by atoms with van der Waals surface area (Å²) in [6.07, 6.45) is 13.4. The van der Waals surface area contributed by atoms with Crippen molar-refractivity contribution < 1.29 is 24.2 Å². The number of fused-ring (bicyclic) bond motifs is 7. The molecular formula is C40H56O5. The quantitative estimate of drug-likeness (QED) is 0.256. The number of ether oxygens (including phenoxy) is 2. The molecular weight excluding hydrogens is 560 g/mol. The predicted molar refractivity (Wildman–Crippen MR) is 177 cm³/mol. The van der Waals surface area contributed by atoms with Crippen LogP contribution in [0.5, 0.6) is 0 Å². The van der Waals surface area contributed by atoms with Crippen molar-refractivity contribution in [1.29, 1.82) is 0 Å². The molecule has 0 spiro atoms. The molecule has 0 aliphatic heterocycles. The van der Waals surface area contributed by atoms with Gasteiger partial charge in [-0.25, -0.2) is 4.79 Å². The number of carbonyl (C=O) groups is 2. The molecule has 5 aliphatic rings. The zero-order valence-corrected chi connectivity index (χ0v) is 28.6. The summed E-state index contributed by atoms with van der Waals surface area (Å²) in [7, 11) is 0. The van der Waals surface area contributed by atoms with Crippen LogP contribution in [0.4, 0.5) is 0 Å². The van der Waals surface area contributed by atoms with E-state index in [2.05, 4.69) is 54.2 Å². The Balaban J connectivity index is 1.33. The van der Waals surface area contributed by atoms with E-state index in [1.807, 2.05) is 18.2 Å². The number of benzene rings is 1. The summed E-state index contributed by atoms with van der Waals surface area (Å²) in [5.41, 5.74) is 1.39. The topological polar surface area (TPSA) is 72.8 Å². The molecule has 246 valence electrons. The van der Waals surface area contributed by atoms with E-state index in [1.165, 1.54) is 5.57 Å². The molecule has 0 unspecified atom stereocenters. The third-order valence-corrected chi connectivity index (χ3v) is 14.7. The van der Waals surface area contributed by atoms with Gasteiger partial charge in [0.1, 0.15) is 6.61 Å². The summed E-state index contributed by atoms with van der Waals surface area (Å²) in [5, 5.41) is 11.5. The fourth-order valence-corrected chi connectivity index (χ4v) is 11.8. The van der Waals surface area contributed by atoms with Gasteiger partial charge in [-0.1, -0.05) is 84.0 Å². The lowest BCUT2D eigenvalue weighted by molar-refractivity contribution is -0.217. The molecule has 6 rings (SSSR count). The SMILES string of the molecule is C=CCOC(=O)[C@]12CCC(C)(C)C[C@H]1C1=CC[C@@H]3[C@@]4(C)CC[C@H](O)[C@@](C)(COC(=O)c5ccccc5)[C@@H]4CC[C@@]3(C)[C@]1(C)CC2. The van der Waals surface area contributed by atoms with E-state index in [-0.39, 0.29) is 58.6 Å². The van der Waals surface area contributed by atoms with E-state index in [0.717, 1.165) is 64.2 Å². The molecule has 5 heteroatoms. The van der Waals surface area contributed by atoms with E-state index >= 15 is 0 Å². The molecule has 4 fully saturated rings. The highest BCUT2D eigenvalue weighted by molar-refractivity contribution is 5.89. The highest BCUT2D eigenvalue weighted by Gasteiger charge is 2.70. The lowest BCUT2D eigenvalue weighted by atomic mass is 9.33. The van der Waals surface area contributed by atoms with Gasteiger partial charge in [0.25, 0.3) is 0 Å². The molecule has 1 aromatic rings. The number of aliphatic hydroxyl groups is 1. The summed E-state index contributed by atoms with van der Waals surface area (Å²) < 4.78 is 11.8. The monoisotopic (exact) mass is 616 g/mol. The molecule has 5 aliphatic carbocycles. The summed E-state index contributed by atoms with van der Waals surface area (Å²) in [6, 6.07) is 9.18. The van der Waals surface area contributed by atoms with Gasteiger partial charge < -0.3 is 14.6 Å². The highest BCUT2D eigenvalue weighted by atomic mass is 16.5. The molecule has 0 aromatic heterocycles. The zero-order valence-electron chi connectivity index (χ0n) is 28.6. The zero-order chi connectivity index (χ0) is 32.5. The van der Waals surface area contributed by atoms with Crippen LogP contribution < -0.4 is 0 Å². The van der Waals surface area contributed by atoms with Crippen LogP contribution in [0.1, 0.15) is 116 Å². The maximum Gasteiger partial charge on any atom is 0.338 e. The van der Waals surface area contributed by atoms with Gasteiger partial charge in [-0.05, 0) is 116 Å². The second-order valence-corrected chi connectivity index (χ2v) is 17.3. The fraction of sp³-hybridized carbons (Fsp3) is 0.700. The van der Waals surface area contributed by atoms with E-state index in [1.54, 1.807) is 18.2 Å². The van der Waals surface area contributed by atoms with Gasteiger partial charge in [-0.15, -0.1) is 0 Å². The van der Waals surface area contributed by atoms with Crippen molar-refractivity contribution in [2.45, 2.75) is 112 Å². The highest BCUT2D eigenvalue weighted by Crippen LogP contribution is 2.75. The molecule has 1 N–H and O–H groups in total. The van der Waals surface area contributed by atoms with E-state index in [0.29, 0.717) is 11.5 Å². The van der Waals surface area contributed by atoms with Crippen LogP contribution in [0.25, 0.3) is 0 Å². The van der Waals surface area contributed by atoms with E-state index in [9.17, 15) is 14.7 Å². The third kappa shape index (κ3) is 4.80. The lowest BCUT2D eigenvalue weighted by Gasteiger charge is -2.71. The number of hydrogen-bond acceptors (Lipinski definition) is 5. The second kappa shape index (κ2) is 11.1. The lowest BCUT2D eigenvalue weighted by Crippen LogP contribution is -2.66. The van der Waals surface area contributed by atoms with Crippen molar-refractivity contribution in [3.8, 4) is 0 Å². The molecule has 0 amide bonds. The summed E-state index contributed by atoms with van der Waals surface area (Å²) >= 11 is 0. The minimum atomic E-state index is -0.506. The number of allylic oxidation sites excluding steroid dienone is 2. The average Bonchev–Trinajstić information content (AvgIpc) is 3.01. The van der Waals surface area contributed by atoms with Gasteiger partial charge in [0, 0.05) is 5.41 Å². The van der Waals surface area contributed by atoms with E-state index in [4.69, 9.17) is 9.47 Å². The van der Waals surface area contributed by atoms with Crippen LogP contribution >= 0.6 is 0 Å². The van der Waals surface area contributed by atoms with Gasteiger partial charge >= 0.3 is 11.9 Å². The summed E-state index contributed by atoms with van der Waals surface area (Å²) in [6.45, 7) is 18.8. The average molecular weight is 617 g/mol. The normalized spacial score (nSPS) is 43.3. The second-order valence-electron chi connectivity index (χ2n) is 17.3. The van der Waals surface area contributed by atoms with Crippen LogP contribution in [0.15, 0.2) is 54.6 Å². The van der Waals surface area contributed by atoms with E-state index < -0.39 is 16.9 Å². The number of hydrogen-bond donors (Lipinski definition) is 1. The van der Waals surface area contributed by atoms with Crippen LogP contribution in [0.2, 0.25) is 0 Å². The third-order valence-electron chi connectivity index (χ3n) is 14.7. The first-order chi connectivity index (χ1) is 21.2. The number of rotatable bonds is 6. The molecule has 5 nitrogen and oxygen atoms in total. The van der Waals surface area contributed by atoms with Crippen molar-refractivity contribution in [3.63, 3.8) is 0 Å². The first-order valence-corrected chi connectivity index (χ1v) is 17.6. The van der Waals surface area contributed by atoms with Gasteiger partial charge in [0.05, 0.1) is 23.7 Å². The molecule has 0 radical (unpaired) electrons. The first kappa shape index (κ1) is 32.5. The van der Waals surface area contributed by atoms with Gasteiger partial charge in [-0.3, -0.25) is 4.79 Å². The molecule has 0 heterocycles. The molecule has 9 atom stereocenters. The van der Waals surface area contributed by atoms with Crippen LogP contribution in [0.3, 0.4) is 0 Å². The largest absolute Gasteiger partial charge is 0.461 e. The summed E-state index contributed by atoms with van der Waals surface area (Å²) in [4.78, 5) is 26.8. The Hall–Kier alpha value is -2.40. The Morgan fingerprint density at radius 2 is 1.62 bits per heavy atom. The first-order valence-electron chi connectivity index (χ1n) is 17.6. The minimum Gasteiger partial charge on any atom is -0.461 e. The van der Waals surface area contributed by atoms with Crippen molar-refractivity contribution in [1.82, 2.24) is 0 Å². The Morgan fingerprint density at radius 1 is 0.911 bits per heavy atom. The minimum absolute atomic E-state index is 0.00353. The predicted octanol–water partition coefficient (Wildman–Crippen LogP) is 8.72. The molecule has 4 saturated carbocycles. The number of aliphatic hydroxyl groups excluding tert-OH is 1. The standard InChI is InChI=1S/C40H56O5/c1-8-24-44-34(43)40-22-20-35(2,3)25-29(40)28-14-15-31-36(4)18-17-32(41)37(5,26-45-33(42)27-12-10-9-11-13-27)30(36)16-19-39(31,7)38(28,6)21-23-40/h8-14,29-32,41H,1,15-26H2,2-7H3/t29-,30+,31+,32-,36-,37-,38+,39+,40-/m0/s1. The Labute approximate surface area is 271 Å². The number of esters is 2. The van der Waals surface area contributed by atoms with Crippen LogP contribution in [0, 0.1) is 50.2 Å². The maximum absolute atomic E-state index is 13.9. The van der Waals surface area contributed by atoms with Crippen molar-refractivity contribution in [3.05, 3.63) is 60.2 Å². The van der Waals surface area contributed by atoms with Crippen molar-refractivity contribution in [2.24, 2.45) is 50.2 Å². The molecule has 0 saturated heterocycles. The number of carbonyl (C=O) groups excluding carboxylic acids is 2. The Morgan fingerprint density at radius 3 is 2.33 bits per heavy atom. The van der Waals surface area contributed by atoms with Gasteiger partial charge in [-0.2, -0.15) is 0 Å². The smallest absolute Gasteiger partial charge is 0.338 e.